The summed E-state index contributed by atoms with van der Waals surface area (Å²) in [5.41, 5.74) is 16.5. The molecule has 8 aromatic rings. The smallest absolute Gasteiger partial charge is 0.113 e. The molecule has 0 amide bonds. The molecule has 0 unspecified atom stereocenters. The largest absolute Gasteiger partial charge is 0.310 e. The highest BCUT2D eigenvalue weighted by molar-refractivity contribution is 5.86. The van der Waals surface area contributed by atoms with Crippen LogP contribution in [-0.4, -0.2) is 30.0 Å². The summed E-state index contributed by atoms with van der Waals surface area (Å²) in [4.78, 5) is 2.45. The Morgan fingerprint density at radius 1 is 0.489 bits per heavy atom. The third-order valence-electron chi connectivity index (χ3n) is 9.53. The maximum Gasteiger partial charge on any atom is 0.113 e. The van der Waals surface area contributed by atoms with Gasteiger partial charge < -0.3 is 4.90 Å². The molecule has 9 rings (SSSR count). The van der Waals surface area contributed by atoms with Crippen molar-refractivity contribution in [1.82, 2.24) is 30.0 Å². The van der Waals surface area contributed by atoms with Crippen molar-refractivity contribution >= 4 is 39.1 Å². The van der Waals surface area contributed by atoms with Crippen molar-refractivity contribution < 1.29 is 0 Å². The van der Waals surface area contributed by atoms with Crippen LogP contribution in [0.5, 0.6) is 0 Å². The van der Waals surface area contributed by atoms with E-state index in [4.69, 9.17) is 0 Å². The summed E-state index contributed by atoms with van der Waals surface area (Å²) in [7, 11) is 0. The highest BCUT2D eigenvalue weighted by Gasteiger charge is 2.24. The zero-order valence-electron chi connectivity index (χ0n) is 26.2. The Morgan fingerprint density at radius 3 is 1.57 bits per heavy atom. The van der Waals surface area contributed by atoms with E-state index in [9.17, 15) is 0 Å². The number of aromatic nitrogens is 6. The van der Waals surface area contributed by atoms with Gasteiger partial charge in [0.15, 0.2) is 0 Å². The van der Waals surface area contributed by atoms with E-state index in [2.05, 4.69) is 118 Å². The van der Waals surface area contributed by atoms with Gasteiger partial charge in [0.1, 0.15) is 11.0 Å². The summed E-state index contributed by atoms with van der Waals surface area (Å²) in [6.45, 7) is 4.47. The van der Waals surface area contributed by atoms with Gasteiger partial charge in [-0.15, -0.1) is 10.2 Å². The van der Waals surface area contributed by atoms with Gasteiger partial charge in [-0.2, -0.15) is 0 Å². The maximum atomic E-state index is 4.57. The molecule has 0 aliphatic carbocycles. The van der Waals surface area contributed by atoms with Crippen LogP contribution in [0, 0.1) is 13.8 Å². The third-order valence-corrected chi connectivity index (χ3v) is 9.53. The maximum absolute atomic E-state index is 4.57. The summed E-state index contributed by atoms with van der Waals surface area (Å²) in [5.74, 6) is 0. The second kappa shape index (κ2) is 10.8. The number of fused-ring (bicyclic) bond motifs is 4. The van der Waals surface area contributed by atoms with Crippen LogP contribution in [0.15, 0.2) is 127 Å². The molecule has 0 bridgehead atoms. The van der Waals surface area contributed by atoms with Crippen molar-refractivity contribution in [2.24, 2.45) is 0 Å². The summed E-state index contributed by atoms with van der Waals surface area (Å²) in [6.07, 6.45) is 2.03. The van der Waals surface area contributed by atoms with Gasteiger partial charge >= 0.3 is 0 Å². The first kappa shape index (κ1) is 27.2. The highest BCUT2D eigenvalue weighted by Crippen LogP contribution is 2.45. The number of rotatable bonds is 4. The molecule has 3 heterocycles. The first-order chi connectivity index (χ1) is 23.1. The van der Waals surface area contributed by atoms with Gasteiger partial charge in [0.25, 0.3) is 0 Å². The van der Waals surface area contributed by atoms with E-state index in [0.717, 1.165) is 57.4 Å². The van der Waals surface area contributed by atoms with Crippen LogP contribution in [0.4, 0.5) is 17.1 Å². The number of aryl methyl sites for hydroxylation is 2. The molecule has 0 saturated heterocycles. The predicted octanol–water partition coefficient (Wildman–Crippen LogP) is 9.01. The fourth-order valence-corrected chi connectivity index (χ4v) is 7.02. The molecule has 1 aliphatic heterocycles. The molecule has 47 heavy (non-hydrogen) atoms. The monoisotopic (exact) mass is 609 g/mol. The first-order valence-electron chi connectivity index (χ1n) is 16.0. The number of hydrogen-bond donors (Lipinski definition) is 0. The van der Waals surface area contributed by atoms with Crippen LogP contribution >= 0.6 is 0 Å². The number of para-hydroxylation sites is 4. The lowest BCUT2D eigenvalue weighted by atomic mass is 9.94. The average Bonchev–Trinajstić information content (AvgIpc) is 3.71. The zero-order chi connectivity index (χ0) is 31.5. The van der Waals surface area contributed by atoms with Gasteiger partial charge in [-0.1, -0.05) is 77.2 Å². The normalized spacial score (nSPS) is 12.7. The Bertz CT molecular complexity index is 2330. The van der Waals surface area contributed by atoms with Crippen LogP contribution in [0.1, 0.15) is 22.3 Å². The molecule has 226 valence electrons. The summed E-state index contributed by atoms with van der Waals surface area (Å²) >= 11 is 0. The van der Waals surface area contributed by atoms with Crippen molar-refractivity contribution in [2.75, 3.05) is 4.90 Å². The first-order valence-corrected chi connectivity index (χ1v) is 16.0. The molecule has 7 nitrogen and oxygen atoms in total. The molecule has 0 N–H and O–H groups in total. The lowest BCUT2D eigenvalue weighted by Gasteiger charge is -2.30. The fourth-order valence-electron chi connectivity index (χ4n) is 7.02. The van der Waals surface area contributed by atoms with Gasteiger partial charge in [0.05, 0.1) is 22.4 Å². The van der Waals surface area contributed by atoms with Crippen molar-refractivity contribution in [2.45, 2.75) is 26.7 Å². The summed E-state index contributed by atoms with van der Waals surface area (Å²) in [6, 6.07) is 44.7. The van der Waals surface area contributed by atoms with Gasteiger partial charge in [0, 0.05) is 17.1 Å². The van der Waals surface area contributed by atoms with Crippen LogP contribution in [0.25, 0.3) is 44.6 Å². The third kappa shape index (κ3) is 4.42. The summed E-state index contributed by atoms with van der Waals surface area (Å²) in [5, 5.41) is 18.0. The lowest BCUT2D eigenvalue weighted by Crippen LogP contribution is -2.13. The van der Waals surface area contributed by atoms with E-state index in [0.29, 0.717) is 0 Å². The summed E-state index contributed by atoms with van der Waals surface area (Å²) < 4.78 is 3.81. The molecule has 0 atom stereocenters. The Hall–Kier alpha value is -6.08. The van der Waals surface area contributed by atoms with E-state index >= 15 is 0 Å². The van der Waals surface area contributed by atoms with Gasteiger partial charge in [-0.3, -0.25) is 0 Å². The van der Waals surface area contributed by atoms with Crippen molar-refractivity contribution in [1.29, 1.82) is 0 Å². The Balaban J connectivity index is 1.24. The predicted molar refractivity (Wildman–Crippen MR) is 188 cm³/mol. The minimum atomic E-state index is 0.847. The quantitative estimate of drug-likeness (QED) is 0.199. The van der Waals surface area contributed by atoms with Crippen molar-refractivity contribution in [3.63, 3.8) is 0 Å². The highest BCUT2D eigenvalue weighted by atomic mass is 15.4. The van der Waals surface area contributed by atoms with Gasteiger partial charge in [-0.25, -0.2) is 9.36 Å². The van der Waals surface area contributed by atoms with E-state index in [-0.39, 0.29) is 0 Å². The number of hydrogen-bond acceptors (Lipinski definition) is 5. The van der Waals surface area contributed by atoms with Gasteiger partial charge in [-0.05, 0) is 121 Å². The minimum absolute atomic E-state index is 0.847. The molecule has 6 aromatic carbocycles. The molecule has 0 saturated carbocycles. The van der Waals surface area contributed by atoms with Crippen molar-refractivity contribution in [3.8, 4) is 22.5 Å². The van der Waals surface area contributed by atoms with Crippen LogP contribution in [-0.2, 0) is 12.8 Å². The Morgan fingerprint density at radius 2 is 1.00 bits per heavy atom. The number of nitrogens with zero attached hydrogens (tertiary/aromatic N) is 7. The topological polar surface area (TPSA) is 64.7 Å². The SMILES string of the molecule is Cc1c(-c2cc(-n3nnc4ccccc43)cc(-n3nnc4ccccc43)c2)ccc(N2c3ccccc3CCc3ccccc32)c1C. The molecular formula is C40H31N7. The minimum Gasteiger partial charge on any atom is -0.310 e. The molecule has 0 radical (unpaired) electrons. The molecular weight excluding hydrogens is 578 g/mol. The number of anilines is 3. The van der Waals surface area contributed by atoms with Crippen molar-refractivity contribution in [3.05, 3.63) is 150 Å². The molecule has 0 spiro atoms. The van der Waals surface area contributed by atoms with E-state index < -0.39 is 0 Å². The Kier molecular flexibility index (Phi) is 6.25. The zero-order valence-corrected chi connectivity index (χ0v) is 26.2. The van der Waals surface area contributed by atoms with Crippen LogP contribution in [0.3, 0.4) is 0 Å². The van der Waals surface area contributed by atoms with Gasteiger partial charge in [0.2, 0.25) is 0 Å². The standard InChI is InChI=1S/C40H31N7/c1-26-27(2)36(45-37-15-7-3-11-28(37)19-20-29-12-4-8-16-38(29)45)22-21-33(26)30-23-31(46-39-17-9-5-13-34(39)41-43-46)25-32(24-30)47-40-18-10-6-14-35(40)42-44-47/h3-18,21-25H,19-20H2,1-2H3. The van der Waals surface area contributed by atoms with E-state index in [1.54, 1.807) is 0 Å². The lowest BCUT2D eigenvalue weighted by molar-refractivity contribution is 0.807. The van der Waals surface area contributed by atoms with E-state index in [1.165, 1.54) is 39.3 Å². The molecule has 0 fully saturated rings. The van der Waals surface area contributed by atoms with E-state index in [1.807, 2.05) is 57.9 Å². The second-order valence-electron chi connectivity index (χ2n) is 12.2. The van der Waals surface area contributed by atoms with Crippen LogP contribution in [0.2, 0.25) is 0 Å². The Labute approximate surface area is 272 Å². The second-order valence-corrected chi connectivity index (χ2v) is 12.2. The molecule has 7 heteroatoms. The molecule has 2 aromatic heterocycles. The van der Waals surface area contributed by atoms with Crippen LogP contribution < -0.4 is 4.90 Å². The average molecular weight is 610 g/mol. The number of benzene rings is 6. The fraction of sp³-hybridized carbons (Fsp3) is 0.100. The molecule has 1 aliphatic rings.